The predicted octanol–water partition coefficient (Wildman–Crippen LogP) is 3.60. The van der Waals surface area contributed by atoms with Gasteiger partial charge in [-0.2, -0.15) is 0 Å². The van der Waals surface area contributed by atoms with Crippen molar-refractivity contribution in [2.75, 3.05) is 5.75 Å². The lowest BCUT2D eigenvalue weighted by Crippen LogP contribution is -2.09. The van der Waals surface area contributed by atoms with Crippen molar-refractivity contribution in [3.05, 3.63) is 53.6 Å². The van der Waals surface area contributed by atoms with Gasteiger partial charge in [0, 0.05) is 17.2 Å². The Morgan fingerprint density at radius 2 is 2.00 bits per heavy atom. The van der Waals surface area contributed by atoms with Crippen LogP contribution in [-0.2, 0) is 11.3 Å². The Balaban J connectivity index is 2.84. The quantitative estimate of drug-likeness (QED) is 0.600. The van der Waals surface area contributed by atoms with Crippen LogP contribution in [0.5, 0.6) is 0 Å². The fraction of sp³-hybridized carbons (Fsp3) is 0.267. The second kappa shape index (κ2) is 7.77. The Labute approximate surface area is 113 Å². The molecule has 1 aromatic rings. The van der Waals surface area contributed by atoms with E-state index in [1.54, 1.807) is 11.8 Å². The van der Waals surface area contributed by atoms with E-state index < -0.39 is 0 Å². The van der Waals surface area contributed by atoms with Crippen LogP contribution in [0.4, 0.5) is 0 Å². The molecule has 0 aliphatic rings. The first-order chi connectivity index (χ1) is 8.69. The molecule has 0 aliphatic heterocycles. The minimum absolute atomic E-state index is 0.577. The van der Waals surface area contributed by atoms with E-state index >= 15 is 0 Å². The van der Waals surface area contributed by atoms with Gasteiger partial charge in [0.2, 0.25) is 6.41 Å². The van der Waals surface area contributed by atoms with Crippen molar-refractivity contribution >= 4 is 23.1 Å². The Kier molecular flexibility index (Phi) is 6.29. The van der Waals surface area contributed by atoms with Crippen molar-refractivity contribution in [1.29, 1.82) is 0 Å². The summed E-state index contributed by atoms with van der Waals surface area (Å²) >= 11 is 1.80. The summed E-state index contributed by atoms with van der Waals surface area (Å²) in [5.74, 6) is 0.912. The molecule has 0 radical (unpaired) electrons. The molecular formula is C15H19NOS. The molecule has 96 valence electrons. The summed E-state index contributed by atoms with van der Waals surface area (Å²) in [5, 5.41) is 2.66. The molecule has 3 heteroatoms. The minimum Gasteiger partial charge on any atom is -0.355 e. The van der Waals surface area contributed by atoms with Gasteiger partial charge in [0.25, 0.3) is 0 Å². The molecule has 0 aliphatic carbocycles. The number of benzene rings is 1. The van der Waals surface area contributed by atoms with E-state index in [2.05, 4.69) is 37.9 Å². The molecule has 0 aromatic heterocycles. The number of allylic oxidation sites excluding steroid dienone is 1. The molecule has 0 spiro atoms. The highest BCUT2D eigenvalue weighted by atomic mass is 32.2. The highest BCUT2D eigenvalue weighted by Crippen LogP contribution is 2.30. The van der Waals surface area contributed by atoms with Gasteiger partial charge in [0.05, 0.1) is 0 Å². The molecule has 0 atom stereocenters. The van der Waals surface area contributed by atoms with Gasteiger partial charge >= 0.3 is 0 Å². The highest BCUT2D eigenvalue weighted by molar-refractivity contribution is 8.08. The molecule has 0 saturated carbocycles. The van der Waals surface area contributed by atoms with Crippen molar-refractivity contribution in [1.82, 2.24) is 5.32 Å². The second-order valence-corrected chi connectivity index (χ2v) is 5.15. The van der Waals surface area contributed by atoms with Crippen LogP contribution in [0.25, 0.3) is 4.91 Å². The summed E-state index contributed by atoms with van der Waals surface area (Å²) in [6.07, 6.45) is 2.63. The molecule has 0 unspecified atom stereocenters. The Morgan fingerprint density at radius 3 is 2.50 bits per heavy atom. The molecule has 18 heavy (non-hydrogen) atoms. The zero-order valence-corrected chi connectivity index (χ0v) is 11.7. The normalized spacial score (nSPS) is 9.67. The van der Waals surface area contributed by atoms with Crippen LogP contribution in [0.3, 0.4) is 0 Å². The lowest BCUT2D eigenvalue weighted by atomic mass is 10.1. The van der Waals surface area contributed by atoms with Crippen LogP contribution in [0, 0.1) is 0 Å². The minimum atomic E-state index is 0.577. The van der Waals surface area contributed by atoms with Crippen molar-refractivity contribution in [2.24, 2.45) is 0 Å². The Bertz CT molecular complexity index is 430. The standard InChI is InChI=1S/C15H19NOS/c1-4-9-18-15(12(2)3)14-7-5-13(6-8-14)10-16-11-17/h4-8,11H,1,9-10H2,2-3H3,(H,16,17). The van der Waals surface area contributed by atoms with Gasteiger partial charge in [-0.3, -0.25) is 4.79 Å². The number of nitrogens with one attached hydrogen (secondary N) is 1. The maximum atomic E-state index is 10.2. The molecule has 1 amide bonds. The predicted molar refractivity (Wildman–Crippen MR) is 80.3 cm³/mol. The fourth-order valence-corrected chi connectivity index (χ4v) is 2.47. The first-order valence-corrected chi connectivity index (χ1v) is 6.85. The number of thioether (sulfide) groups is 1. The van der Waals surface area contributed by atoms with Gasteiger partial charge < -0.3 is 5.32 Å². The lowest BCUT2D eigenvalue weighted by Gasteiger charge is -2.10. The molecule has 2 nitrogen and oxygen atoms in total. The van der Waals surface area contributed by atoms with Crippen LogP contribution in [0.15, 0.2) is 42.5 Å². The lowest BCUT2D eigenvalue weighted by molar-refractivity contribution is -0.109. The fourth-order valence-electron chi connectivity index (χ4n) is 1.59. The van der Waals surface area contributed by atoms with Crippen molar-refractivity contribution in [2.45, 2.75) is 20.4 Å². The Morgan fingerprint density at radius 1 is 1.33 bits per heavy atom. The maximum absolute atomic E-state index is 10.2. The van der Waals surface area contributed by atoms with Crippen LogP contribution >= 0.6 is 11.8 Å². The summed E-state index contributed by atoms with van der Waals surface area (Å²) in [6.45, 7) is 8.56. The molecule has 1 N–H and O–H groups in total. The number of carbonyl (C=O) groups excluding carboxylic acids is 1. The van der Waals surface area contributed by atoms with Gasteiger partial charge in [0.1, 0.15) is 0 Å². The number of carbonyl (C=O) groups is 1. The van der Waals surface area contributed by atoms with E-state index in [-0.39, 0.29) is 0 Å². The van der Waals surface area contributed by atoms with Gasteiger partial charge in [-0.25, -0.2) is 0 Å². The first kappa shape index (κ1) is 14.6. The summed E-state index contributed by atoms with van der Waals surface area (Å²) in [6, 6.07) is 8.28. The smallest absolute Gasteiger partial charge is 0.207 e. The van der Waals surface area contributed by atoms with E-state index in [0.717, 1.165) is 17.7 Å². The molecule has 0 heterocycles. The average molecular weight is 261 g/mol. The molecule has 0 saturated heterocycles. The third-order valence-electron chi connectivity index (χ3n) is 2.41. The maximum Gasteiger partial charge on any atom is 0.207 e. The molecule has 1 aromatic carbocycles. The van der Waals surface area contributed by atoms with Crippen molar-refractivity contribution in [3.63, 3.8) is 0 Å². The van der Waals surface area contributed by atoms with E-state index in [1.807, 2.05) is 18.2 Å². The zero-order valence-electron chi connectivity index (χ0n) is 10.9. The summed E-state index contributed by atoms with van der Waals surface area (Å²) in [4.78, 5) is 11.5. The van der Waals surface area contributed by atoms with Crippen LogP contribution in [0.1, 0.15) is 25.0 Å². The highest BCUT2D eigenvalue weighted by Gasteiger charge is 2.04. The topological polar surface area (TPSA) is 29.1 Å². The summed E-state index contributed by atoms with van der Waals surface area (Å²) < 4.78 is 0. The Hall–Kier alpha value is -1.48. The van der Waals surface area contributed by atoms with E-state index in [1.165, 1.54) is 16.0 Å². The second-order valence-electron chi connectivity index (χ2n) is 4.12. The molecule has 0 fully saturated rings. The average Bonchev–Trinajstić information content (AvgIpc) is 2.38. The van der Waals surface area contributed by atoms with Crippen molar-refractivity contribution in [3.8, 4) is 0 Å². The number of hydrogen-bond donors (Lipinski definition) is 1. The van der Waals surface area contributed by atoms with Crippen LogP contribution in [0.2, 0.25) is 0 Å². The van der Waals surface area contributed by atoms with E-state index in [4.69, 9.17) is 0 Å². The SMILES string of the molecule is C=CCSC(=C(C)C)c1ccc(CNC=O)cc1. The zero-order chi connectivity index (χ0) is 13.4. The van der Waals surface area contributed by atoms with Gasteiger partial charge in [0.15, 0.2) is 0 Å². The largest absolute Gasteiger partial charge is 0.355 e. The number of amides is 1. The third kappa shape index (κ3) is 4.41. The van der Waals surface area contributed by atoms with Crippen LogP contribution in [-0.4, -0.2) is 12.2 Å². The van der Waals surface area contributed by atoms with E-state index in [0.29, 0.717) is 6.54 Å². The molecule has 0 bridgehead atoms. The monoisotopic (exact) mass is 261 g/mol. The first-order valence-electron chi connectivity index (χ1n) is 5.86. The number of rotatable bonds is 7. The summed E-state index contributed by atoms with van der Waals surface area (Å²) in [7, 11) is 0. The van der Waals surface area contributed by atoms with Gasteiger partial charge in [-0.1, -0.05) is 35.9 Å². The number of hydrogen-bond acceptors (Lipinski definition) is 2. The van der Waals surface area contributed by atoms with Gasteiger partial charge in [-0.05, 0) is 25.0 Å². The third-order valence-corrected chi connectivity index (χ3v) is 3.74. The van der Waals surface area contributed by atoms with Crippen molar-refractivity contribution < 1.29 is 4.79 Å². The molecule has 1 rings (SSSR count). The summed E-state index contributed by atoms with van der Waals surface area (Å²) in [5.41, 5.74) is 3.63. The van der Waals surface area contributed by atoms with Crippen LogP contribution < -0.4 is 5.32 Å². The molecular weight excluding hydrogens is 242 g/mol. The van der Waals surface area contributed by atoms with Gasteiger partial charge in [-0.15, -0.1) is 18.3 Å². The van der Waals surface area contributed by atoms with E-state index in [9.17, 15) is 4.79 Å².